The van der Waals surface area contributed by atoms with Gasteiger partial charge in [-0.25, -0.2) is 19.2 Å². The zero-order chi connectivity index (χ0) is 23.9. The predicted octanol–water partition coefficient (Wildman–Crippen LogP) is 6.06. The van der Waals surface area contributed by atoms with Gasteiger partial charge in [-0.2, -0.15) is 5.26 Å². The first-order valence-electron chi connectivity index (χ1n) is 10.7. The van der Waals surface area contributed by atoms with Gasteiger partial charge in [0.2, 0.25) is 0 Å². The maximum absolute atomic E-state index is 14.9. The second kappa shape index (κ2) is 9.11. The lowest BCUT2D eigenvalue weighted by Crippen LogP contribution is -2.48. The molecule has 1 saturated heterocycles. The highest BCUT2D eigenvalue weighted by molar-refractivity contribution is 9.10. The second-order valence-electron chi connectivity index (χ2n) is 9.10. The number of hydrogen-bond donors (Lipinski definition) is 0. The van der Waals surface area contributed by atoms with E-state index in [9.17, 15) is 14.4 Å². The first kappa shape index (κ1) is 23.8. The second-order valence-corrected chi connectivity index (χ2v) is 10.7. The molecule has 0 radical (unpaired) electrons. The number of benzene rings is 1. The number of nitriles is 1. The van der Waals surface area contributed by atoms with Crippen LogP contribution in [0.3, 0.4) is 0 Å². The quantitative estimate of drug-likeness (QED) is 0.380. The number of piperidine rings is 1. The van der Waals surface area contributed by atoms with Gasteiger partial charge in [-0.3, -0.25) is 0 Å². The van der Waals surface area contributed by atoms with Crippen LogP contribution in [0.2, 0.25) is 0 Å². The van der Waals surface area contributed by atoms with Crippen LogP contribution in [-0.4, -0.2) is 50.0 Å². The van der Waals surface area contributed by atoms with Gasteiger partial charge in [-0.05, 0) is 67.9 Å². The van der Waals surface area contributed by atoms with Crippen molar-refractivity contribution >= 4 is 55.7 Å². The van der Waals surface area contributed by atoms with Crippen LogP contribution in [0.4, 0.5) is 9.18 Å². The Hall–Kier alpha value is -2.38. The largest absolute Gasteiger partial charge is 0.444 e. The highest BCUT2D eigenvalue weighted by Gasteiger charge is 2.35. The van der Waals surface area contributed by atoms with Crippen molar-refractivity contribution in [1.82, 2.24) is 19.4 Å². The fourth-order valence-corrected chi connectivity index (χ4v) is 5.19. The smallest absolute Gasteiger partial charge is 0.410 e. The Morgan fingerprint density at radius 2 is 2.15 bits per heavy atom. The molecule has 1 aliphatic rings. The minimum absolute atomic E-state index is 0.000879. The number of rotatable bonds is 3. The Kier molecular flexibility index (Phi) is 6.56. The average Bonchev–Trinajstić information content (AvgIpc) is 3.20. The SMILES string of the molecule is CSc1nc2c(F)c(Br)ccc2c2c1ncn2[C@H]1CCN(C(=O)OC(C)(C)C)[C@H](CC#N)C1. The molecule has 0 bridgehead atoms. The molecule has 1 amide bonds. The number of imidazole rings is 1. The van der Waals surface area contributed by atoms with Gasteiger partial charge in [0.1, 0.15) is 21.7 Å². The third-order valence-corrected chi connectivity index (χ3v) is 7.05. The molecule has 1 aliphatic heterocycles. The van der Waals surface area contributed by atoms with E-state index in [1.54, 1.807) is 17.3 Å². The third-order valence-electron chi connectivity index (χ3n) is 5.76. The number of carbonyl (C=O) groups excluding carboxylic acids is 1. The number of amides is 1. The Bertz CT molecular complexity index is 1270. The van der Waals surface area contributed by atoms with Crippen LogP contribution < -0.4 is 0 Å². The highest BCUT2D eigenvalue weighted by atomic mass is 79.9. The summed E-state index contributed by atoms with van der Waals surface area (Å²) in [7, 11) is 0. The van der Waals surface area contributed by atoms with Crippen LogP contribution in [0, 0.1) is 17.1 Å². The number of pyridine rings is 1. The number of halogens is 2. The molecule has 7 nitrogen and oxygen atoms in total. The van der Waals surface area contributed by atoms with Gasteiger partial charge in [0.15, 0.2) is 5.82 Å². The van der Waals surface area contributed by atoms with Crippen LogP contribution in [0.1, 0.15) is 46.1 Å². The van der Waals surface area contributed by atoms with E-state index in [1.165, 1.54) is 11.8 Å². The minimum atomic E-state index is -0.607. The molecule has 0 aliphatic carbocycles. The summed E-state index contributed by atoms with van der Waals surface area (Å²) in [5.74, 6) is -0.403. The third kappa shape index (κ3) is 4.53. The molecule has 2 atom stereocenters. The van der Waals surface area contributed by atoms with Gasteiger partial charge in [-0.15, -0.1) is 11.8 Å². The fourth-order valence-electron chi connectivity index (χ4n) is 4.34. The van der Waals surface area contributed by atoms with Crippen molar-refractivity contribution in [3.8, 4) is 6.07 Å². The molecule has 0 saturated carbocycles. The van der Waals surface area contributed by atoms with Gasteiger partial charge in [0.25, 0.3) is 0 Å². The zero-order valence-electron chi connectivity index (χ0n) is 18.9. The van der Waals surface area contributed by atoms with Crippen molar-refractivity contribution in [3.63, 3.8) is 0 Å². The van der Waals surface area contributed by atoms with Crippen molar-refractivity contribution in [2.24, 2.45) is 0 Å². The maximum Gasteiger partial charge on any atom is 0.410 e. The summed E-state index contributed by atoms with van der Waals surface area (Å²) < 4.78 is 22.9. The lowest BCUT2D eigenvalue weighted by atomic mass is 9.95. The standard InChI is InChI=1S/C23H25BrFN5O2S/c1-23(2,3)32-22(31)29-10-8-14(11-13(29)7-9-26)30-12-27-19-20(30)15-5-6-16(24)17(25)18(15)28-21(19)33-4/h5-6,12-14H,7-8,10-11H2,1-4H3/t13-,14+/m1/s1. The molecule has 2 aromatic heterocycles. The summed E-state index contributed by atoms with van der Waals surface area (Å²) in [4.78, 5) is 23.6. The van der Waals surface area contributed by atoms with E-state index in [-0.39, 0.29) is 18.5 Å². The molecule has 1 fully saturated rings. The van der Waals surface area contributed by atoms with Crippen LogP contribution in [0.15, 0.2) is 28.0 Å². The summed E-state index contributed by atoms with van der Waals surface area (Å²) in [6.07, 6.45) is 4.72. The van der Waals surface area contributed by atoms with Gasteiger partial charge in [-0.1, -0.05) is 0 Å². The zero-order valence-corrected chi connectivity index (χ0v) is 21.3. The first-order valence-corrected chi connectivity index (χ1v) is 12.7. The van der Waals surface area contributed by atoms with Crippen molar-refractivity contribution < 1.29 is 13.9 Å². The lowest BCUT2D eigenvalue weighted by molar-refractivity contribution is 0.00618. The van der Waals surface area contributed by atoms with Gasteiger partial charge in [0.05, 0.1) is 28.8 Å². The lowest BCUT2D eigenvalue weighted by Gasteiger charge is -2.39. The number of thioether (sulfide) groups is 1. The molecule has 174 valence electrons. The number of carbonyl (C=O) groups is 1. The molecule has 0 N–H and O–H groups in total. The topological polar surface area (TPSA) is 84.0 Å². The van der Waals surface area contributed by atoms with Crippen LogP contribution in [0.5, 0.6) is 0 Å². The number of ether oxygens (including phenoxy) is 1. The molecule has 0 spiro atoms. The van der Waals surface area contributed by atoms with E-state index in [1.807, 2.05) is 33.1 Å². The predicted molar refractivity (Wildman–Crippen MR) is 130 cm³/mol. The summed E-state index contributed by atoms with van der Waals surface area (Å²) >= 11 is 4.68. The highest BCUT2D eigenvalue weighted by Crippen LogP contribution is 2.38. The van der Waals surface area contributed by atoms with Crippen molar-refractivity contribution in [3.05, 3.63) is 28.7 Å². The number of aromatic nitrogens is 3. The Balaban J connectivity index is 1.75. The molecule has 3 aromatic rings. The van der Waals surface area contributed by atoms with E-state index in [4.69, 9.17) is 4.74 Å². The fraction of sp³-hybridized carbons (Fsp3) is 0.478. The summed E-state index contributed by atoms with van der Waals surface area (Å²) in [6.45, 7) is 5.95. The maximum atomic E-state index is 14.9. The van der Waals surface area contributed by atoms with E-state index in [0.29, 0.717) is 39.8 Å². The molecular weight excluding hydrogens is 509 g/mol. The van der Waals surface area contributed by atoms with Crippen molar-refractivity contribution in [2.45, 2.75) is 62.7 Å². The minimum Gasteiger partial charge on any atom is -0.444 e. The molecule has 33 heavy (non-hydrogen) atoms. The molecule has 0 unspecified atom stereocenters. The Morgan fingerprint density at radius 1 is 1.39 bits per heavy atom. The van der Waals surface area contributed by atoms with Crippen molar-refractivity contribution in [1.29, 1.82) is 5.26 Å². The average molecular weight is 534 g/mol. The molecule has 3 heterocycles. The molecule has 1 aromatic carbocycles. The van der Waals surface area contributed by atoms with Crippen LogP contribution in [-0.2, 0) is 4.74 Å². The molecular formula is C23H25BrFN5O2S. The summed E-state index contributed by atoms with van der Waals surface area (Å²) in [5.41, 5.74) is 1.23. The van der Waals surface area contributed by atoms with Crippen LogP contribution >= 0.6 is 27.7 Å². The Morgan fingerprint density at radius 3 is 2.82 bits per heavy atom. The van der Waals surface area contributed by atoms with Gasteiger partial charge < -0.3 is 14.2 Å². The van der Waals surface area contributed by atoms with Crippen LogP contribution in [0.25, 0.3) is 21.9 Å². The number of hydrogen-bond acceptors (Lipinski definition) is 6. The van der Waals surface area contributed by atoms with Gasteiger partial charge in [0, 0.05) is 24.0 Å². The van der Waals surface area contributed by atoms with Crippen molar-refractivity contribution in [2.75, 3.05) is 12.8 Å². The monoisotopic (exact) mass is 533 g/mol. The molecule has 10 heteroatoms. The van der Waals surface area contributed by atoms with E-state index < -0.39 is 17.5 Å². The number of likely N-dealkylation sites (tertiary alicyclic amines) is 1. The number of fused-ring (bicyclic) bond motifs is 3. The Labute approximate surface area is 204 Å². The summed E-state index contributed by atoms with van der Waals surface area (Å²) in [5, 5.41) is 10.7. The van der Waals surface area contributed by atoms with E-state index >= 15 is 0 Å². The van der Waals surface area contributed by atoms with E-state index in [2.05, 4.69) is 36.5 Å². The van der Waals surface area contributed by atoms with E-state index in [0.717, 1.165) is 11.0 Å². The van der Waals surface area contributed by atoms with Gasteiger partial charge >= 0.3 is 6.09 Å². The number of nitrogens with zero attached hydrogens (tertiary/aromatic N) is 5. The first-order chi connectivity index (χ1) is 15.6. The normalized spacial score (nSPS) is 19.1. The molecule has 4 rings (SSSR count). The summed E-state index contributed by atoms with van der Waals surface area (Å²) in [6, 6.07) is 5.46.